The minimum absolute atomic E-state index is 0.0579. The maximum atomic E-state index is 6.28. The maximum absolute atomic E-state index is 6.28. The summed E-state index contributed by atoms with van der Waals surface area (Å²) >= 11 is 0. The highest BCUT2D eigenvalue weighted by atomic mass is 16.7. The zero-order chi connectivity index (χ0) is 13.5. The van der Waals surface area contributed by atoms with Crippen LogP contribution in [-0.2, 0) is 9.31 Å². The van der Waals surface area contributed by atoms with Gasteiger partial charge in [-0.15, -0.1) is 0 Å². The Bertz CT molecular complexity index is 376. The molecule has 1 spiro atoms. The molecule has 106 valence electrons. The Balaban J connectivity index is 1.49. The minimum Gasteiger partial charge on any atom is -0.403 e. The topological polar surface area (TPSA) is 18.5 Å². The molecule has 2 bridgehead atoms. The van der Waals surface area contributed by atoms with Gasteiger partial charge in [-0.2, -0.15) is 0 Å². The number of fused-ring (bicyclic) bond motifs is 2. The van der Waals surface area contributed by atoms with Crippen LogP contribution in [0.5, 0.6) is 0 Å². The van der Waals surface area contributed by atoms with Crippen molar-refractivity contribution >= 4 is 7.12 Å². The van der Waals surface area contributed by atoms with E-state index in [1.165, 1.54) is 38.5 Å². The summed E-state index contributed by atoms with van der Waals surface area (Å²) in [5.41, 5.74) is 0.287. The molecule has 3 saturated carbocycles. The second-order valence-electron chi connectivity index (χ2n) is 8.75. The first-order chi connectivity index (χ1) is 8.81. The van der Waals surface area contributed by atoms with Crippen LogP contribution in [0.1, 0.15) is 66.2 Å². The van der Waals surface area contributed by atoms with Gasteiger partial charge in [0.25, 0.3) is 0 Å². The van der Waals surface area contributed by atoms with Crippen LogP contribution in [0.2, 0.25) is 5.82 Å². The Morgan fingerprint density at radius 2 is 1.37 bits per heavy atom. The van der Waals surface area contributed by atoms with Gasteiger partial charge >= 0.3 is 7.12 Å². The van der Waals surface area contributed by atoms with Crippen LogP contribution >= 0.6 is 0 Å². The molecule has 2 nitrogen and oxygen atoms in total. The highest BCUT2D eigenvalue weighted by molar-refractivity contribution is 6.49. The second-order valence-corrected chi connectivity index (χ2v) is 8.75. The zero-order valence-corrected chi connectivity index (χ0v) is 12.9. The molecular formula is C16H27BO2. The first-order valence-electron chi connectivity index (χ1n) is 8.17. The van der Waals surface area contributed by atoms with Crippen molar-refractivity contribution in [2.45, 2.75) is 83.2 Å². The van der Waals surface area contributed by atoms with E-state index in [-0.39, 0.29) is 18.3 Å². The fourth-order valence-electron chi connectivity index (χ4n) is 5.07. The number of hydrogen-bond acceptors (Lipinski definition) is 2. The summed E-state index contributed by atoms with van der Waals surface area (Å²) in [6.45, 7) is 8.69. The molecule has 0 N–H and O–H groups in total. The van der Waals surface area contributed by atoms with E-state index in [9.17, 15) is 0 Å². The van der Waals surface area contributed by atoms with Crippen molar-refractivity contribution in [3.63, 3.8) is 0 Å². The van der Waals surface area contributed by atoms with Crippen molar-refractivity contribution in [1.29, 1.82) is 0 Å². The first kappa shape index (κ1) is 12.7. The van der Waals surface area contributed by atoms with E-state index in [2.05, 4.69) is 27.7 Å². The lowest BCUT2D eigenvalue weighted by Crippen LogP contribution is -2.41. The van der Waals surface area contributed by atoms with E-state index < -0.39 is 0 Å². The van der Waals surface area contributed by atoms with Gasteiger partial charge in [-0.25, -0.2) is 0 Å². The molecule has 3 atom stereocenters. The highest BCUT2D eigenvalue weighted by Crippen LogP contribution is 2.72. The summed E-state index contributed by atoms with van der Waals surface area (Å²) < 4.78 is 12.6. The molecule has 3 heteroatoms. The van der Waals surface area contributed by atoms with E-state index in [1.807, 2.05) is 0 Å². The van der Waals surface area contributed by atoms with Crippen molar-refractivity contribution in [2.75, 3.05) is 0 Å². The van der Waals surface area contributed by atoms with Gasteiger partial charge in [0.1, 0.15) is 0 Å². The van der Waals surface area contributed by atoms with E-state index >= 15 is 0 Å². The zero-order valence-electron chi connectivity index (χ0n) is 12.9. The van der Waals surface area contributed by atoms with Gasteiger partial charge in [-0.05, 0) is 70.6 Å². The third-order valence-corrected chi connectivity index (χ3v) is 6.89. The molecule has 19 heavy (non-hydrogen) atoms. The molecule has 1 aliphatic heterocycles. The molecule has 1 heterocycles. The van der Waals surface area contributed by atoms with Crippen molar-refractivity contribution in [3.8, 4) is 0 Å². The molecule has 3 aliphatic carbocycles. The van der Waals surface area contributed by atoms with Gasteiger partial charge in [-0.1, -0.05) is 12.8 Å². The smallest absolute Gasteiger partial charge is 0.403 e. The molecule has 1 saturated heterocycles. The molecule has 0 amide bonds. The lowest BCUT2D eigenvalue weighted by molar-refractivity contribution is 0.00578. The molecule has 4 fully saturated rings. The summed E-state index contributed by atoms with van der Waals surface area (Å²) in [5, 5.41) is 0. The minimum atomic E-state index is -0.158. The predicted octanol–water partition coefficient (Wildman–Crippen LogP) is 4.05. The van der Waals surface area contributed by atoms with E-state index in [1.54, 1.807) is 0 Å². The van der Waals surface area contributed by atoms with Crippen LogP contribution in [0, 0.1) is 17.3 Å². The molecular weight excluding hydrogens is 235 g/mol. The first-order valence-corrected chi connectivity index (χ1v) is 8.17. The van der Waals surface area contributed by atoms with Crippen molar-refractivity contribution in [1.82, 2.24) is 0 Å². The Morgan fingerprint density at radius 3 is 1.89 bits per heavy atom. The monoisotopic (exact) mass is 262 g/mol. The largest absolute Gasteiger partial charge is 0.461 e. The lowest BCUT2D eigenvalue weighted by Gasteiger charge is -2.32. The van der Waals surface area contributed by atoms with E-state index in [0.717, 1.165) is 11.8 Å². The average molecular weight is 262 g/mol. The molecule has 4 rings (SSSR count). The second kappa shape index (κ2) is 3.60. The van der Waals surface area contributed by atoms with Gasteiger partial charge in [-0.3, -0.25) is 0 Å². The van der Waals surface area contributed by atoms with Crippen LogP contribution in [0.3, 0.4) is 0 Å². The Morgan fingerprint density at radius 1 is 0.842 bits per heavy atom. The number of rotatable bonds is 1. The average Bonchev–Trinajstić information content (AvgIpc) is 2.77. The van der Waals surface area contributed by atoms with Crippen LogP contribution in [0.15, 0.2) is 0 Å². The summed E-state index contributed by atoms with van der Waals surface area (Å²) in [4.78, 5) is 0. The summed E-state index contributed by atoms with van der Waals surface area (Å²) in [6.07, 6.45) is 8.76. The van der Waals surface area contributed by atoms with E-state index in [4.69, 9.17) is 9.31 Å². The predicted molar refractivity (Wildman–Crippen MR) is 76.9 cm³/mol. The summed E-state index contributed by atoms with van der Waals surface area (Å²) in [5.74, 6) is 2.72. The van der Waals surface area contributed by atoms with Gasteiger partial charge in [0.2, 0.25) is 0 Å². The van der Waals surface area contributed by atoms with Gasteiger partial charge < -0.3 is 9.31 Å². The van der Waals surface area contributed by atoms with Gasteiger partial charge in [0.15, 0.2) is 0 Å². The van der Waals surface area contributed by atoms with Crippen LogP contribution in [0.4, 0.5) is 0 Å². The van der Waals surface area contributed by atoms with Crippen molar-refractivity contribution in [3.05, 3.63) is 0 Å². The van der Waals surface area contributed by atoms with Crippen molar-refractivity contribution in [2.24, 2.45) is 17.3 Å². The lowest BCUT2D eigenvalue weighted by atomic mass is 9.69. The standard InChI is InChI=1S/C16H27BO2/c1-14(2)15(3,4)19-17(18-14)13-10-16(13)8-11-5-6-12(7-11)9-16/h11-13H,5-10H2,1-4H3. The van der Waals surface area contributed by atoms with Gasteiger partial charge in [0, 0.05) is 5.82 Å². The Labute approximate surface area is 117 Å². The molecule has 3 unspecified atom stereocenters. The molecule has 0 radical (unpaired) electrons. The third-order valence-electron chi connectivity index (χ3n) is 6.89. The molecule has 4 aliphatic rings. The summed E-state index contributed by atoms with van der Waals surface area (Å²) in [6, 6.07) is 0. The normalized spacial score (nSPS) is 49.9. The maximum Gasteiger partial charge on any atom is 0.461 e. The van der Waals surface area contributed by atoms with E-state index in [0.29, 0.717) is 11.2 Å². The Hall–Kier alpha value is -0.0151. The van der Waals surface area contributed by atoms with Crippen LogP contribution in [-0.4, -0.2) is 18.3 Å². The fraction of sp³-hybridized carbons (Fsp3) is 1.00. The van der Waals surface area contributed by atoms with Crippen LogP contribution in [0.25, 0.3) is 0 Å². The quantitative estimate of drug-likeness (QED) is 0.664. The SMILES string of the molecule is CC1(C)OB(C2CC23CC2CCC(C2)C3)OC1(C)C. The van der Waals surface area contributed by atoms with Crippen LogP contribution < -0.4 is 0 Å². The summed E-state index contributed by atoms with van der Waals surface area (Å²) in [7, 11) is 0.0579. The fourth-order valence-corrected chi connectivity index (χ4v) is 5.07. The molecule has 0 aromatic carbocycles. The third kappa shape index (κ3) is 1.77. The highest BCUT2D eigenvalue weighted by Gasteiger charge is 2.68. The Kier molecular flexibility index (Phi) is 2.40. The molecule has 0 aromatic heterocycles. The van der Waals surface area contributed by atoms with Gasteiger partial charge in [0.05, 0.1) is 11.2 Å². The number of hydrogen-bond donors (Lipinski definition) is 0. The van der Waals surface area contributed by atoms with Crippen molar-refractivity contribution < 1.29 is 9.31 Å². The molecule has 0 aromatic rings.